The van der Waals surface area contributed by atoms with E-state index < -0.39 is 0 Å². The Morgan fingerprint density at radius 1 is 1.00 bits per heavy atom. The van der Waals surface area contributed by atoms with Gasteiger partial charge >= 0.3 is 0 Å². The van der Waals surface area contributed by atoms with Crippen molar-refractivity contribution in [1.29, 1.82) is 0 Å². The third kappa shape index (κ3) is 2.75. The van der Waals surface area contributed by atoms with E-state index in [2.05, 4.69) is 80.4 Å². The largest absolute Gasteiger partial charge is 0.126 e. The molecule has 0 saturated heterocycles. The van der Waals surface area contributed by atoms with Crippen LogP contribution in [0.4, 0.5) is 0 Å². The molecule has 1 aromatic heterocycles. The molecule has 1 heterocycles. The number of fused-ring (bicyclic) bond motifs is 1. The molecule has 0 N–H and O–H groups in total. The van der Waals surface area contributed by atoms with Crippen LogP contribution < -0.4 is 0 Å². The third-order valence-electron chi connectivity index (χ3n) is 2.98. The average molecular weight is 417 g/mol. The van der Waals surface area contributed by atoms with Gasteiger partial charge in [-0.15, -0.1) is 11.3 Å². The van der Waals surface area contributed by atoms with Crippen LogP contribution >= 0.6 is 54.8 Å². The van der Waals surface area contributed by atoms with Gasteiger partial charge in [-0.3, -0.25) is 0 Å². The Hall–Kier alpha value is -0.350. The Morgan fingerprint density at radius 3 is 2.42 bits per heavy atom. The highest BCUT2D eigenvalue weighted by Crippen LogP contribution is 2.41. The van der Waals surface area contributed by atoms with E-state index in [9.17, 15) is 0 Å². The summed E-state index contributed by atoms with van der Waals surface area (Å²) in [5.41, 5.74) is 1.24. The number of hydrogen-bond acceptors (Lipinski definition) is 1. The van der Waals surface area contributed by atoms with E-state index >= 15 is 0 Å². The molecule has 1 atom stereocenters. The summed E-state index contributed by atoms with van der Waals surface area (Å²) in [6.07, 6.45) is 0. The second-order valence-corrected chi connectivity index (χ2v) is 7.70. The van der Waals surface area contributed by atoms with E-state index in [1.165, 1.54) is 21.2 Å². The van der Waals surface area contributed by atoms with Gasteiger partial charge in [0.25, 0.3) is 0 Å². The van der Waals surface area contributed by atoms with Gasteiger partial charge in [-0.2, -0.15) is 0 Å². The summed E-state index contributed by atoms with van der Waals surface area (Å²) in [5, 5.41) is 2.52. The van der Waals surface area contributed by atoms with Crippen LogP contribution in [-0.4, -0.2) is 0 Å². The quantitative estimate of drug-likeness (QED) is 0.403. The Morgan fingerprint density at radius 2 is 1.74 bits per heavy atom. The minimum Gasteiger partial charge on any atom is -0.126 e. The summed E-state index contributed by atoms with van der Waals surface area (Å²) >= 11 is 14.9. The van der Waals surface area contributed by atoms with Crippen LogP contribution in [0.25, 0.3) is 10.8 Å². The standard InChI is InChI=1S/C15H9Br2ClS/c16-12-8-13(19-15(12)18)14(17)11-6-5-9-3-1-2-4-10(9)7-11/h1-8,14H. The van der Waals surface area contributed by atoms with Gasteiger partial charge in [-0.25, -0.2) is 0 Å². The monoisotopic (exact) mass is 414 g/mol. The zero-order valence-corrected chi connectivity index (χ0v) is 14.5. The Labute approximate surface area is 137 Å². The summed E-state index contributed by atoms with van der Waals surface area (Å²) in [6.45, 7) is 0. The summed E-state index contributed by atoms with van der Waals surface area (Å²) in [7, 11) is 0. The molecule has 0 fully saturated rings. The van der Waals surface area contributed by atoms with Crippen LogP contribution in [0.15, 0.2) is 53.0 Å². The lowest BCUT2D eigenvalue weighted by Crippen LogP contribution is -1.89. The highest BCUT2D eigenvalue weighted by Gasteiger charge is 2.15. The second-order valence-electron chi connectivity index (χ2n) is 4.24. The SMILES string of the molecule is Clc1sc(C(Br)c2ccc3ccccc3c2)cc1Br. The molecule has 0 nitrogen and oxygen atoms in total. The predicted molar refractivity (Wildman–Crippen MR) is 91.7 cm³/mol. The molecule has 0 bridgehead atoms. The van der Waals surface area contributed by atoms with Gasteiger partial charge in [-0.1, -0.05) is 63.9 Å². The number of thiophene rings is 1. The molecule has 2 aromatic carbocycles. The Kier molecular flexibility index (Phi) is 3.99. The van der Waals surface area contributed by atoms with Crippen molar-refractivity contribution in [2.45, 2.75) is 4.83 Å². The highest BCUT2D eigenvalue weighted by molar-refractivity contribution is 9.10. The molecule has 0 spiro atoms. The van der Waals surface area contributed by atoms with Gasteiger partial charge in [-0.05, 0) is 44.4 Å². The third-order valence-corrected chi connectivity index (χ3v) is 6.84. The number of rotatable bonds is 2. The van der Waals surface area contributed by atoms with E-state index in [-0.39, 0.29) is 4.83 Å². The summed E-state index contributed by atoms with van der Waals surface area (Å²) < 4.78 is 1.75. The smallest absolute Gasteiger partial charge is 0.107 e. The Bertz CT molecular complexity index is 716. The van der Waals surface area contributed by atoms with Gasteiger partial charge in [0.15, 0.2) is 0 Å². The van der Waals surface area contributed by atoms with E-state index in [0.29, 0.717) is 0 Å². The molecular weight excluding hydrogens is 407 g/mol. The number of halogens is 3. The molecule has 0 saturated carbocycles. The number of benzene rings is 2. The van der Waals surface area contributed by atoms with Crippen molar-refractivity contribution in [3.05, 3.63) is 67.8 Å². The predicted octanol–water partition coefficient (Wildman–Crippen LogP) is 6.80. The normalized spacial score (nSPS) is 12.8. The first-order chi connectivity index (χ1) is 9.15. The van der Waals surface area contributed by atoms with Crippen LogP contribution in [-0.2, 0) is 0 Å². The zero-order valence-electron chi connectivity index (χ0n) is 9.74. The summed E-state index contributed by atoms with van der Waals surface area (Å²) in [4.78, 5) is 1.37. The second kappa shape index (κ2) is 5.57. The maximum Gasteiger partial charge on any atom is 0.107 e. The first-order valence-corrected chi connectivity index (χ1v) is 8.63. The number of hydrogen-bond donors (Lipinski definition) is 0. The molecule has 3 aromatic rings. The molecule has 0 aliphatic heterocycles. The van der Waals surface area contributed by atoms with E-state index in [0.717, 1.165) is 8.81 Å². The summed E-state index contributed by atoms with van der Waals surface area (Å²) in [6, 6.07) is 17.0. The van der Waals surface area contributed by atoms with Crippen LogP contribution in [0.5, 0.6) is 0 Å². The van der Waals surface area contributed by atoms with E-state index in [4.69, 9.17) is 11.6 Å². The maximum atomic E-state index is 6.11. The average Bonchev–Trinajstić information content (AvgIpc) is 2.77. The van der Waals surface area contributed by atoms with E-state index in [1.54, 1.807) is 11.3 Å². The minimum absolute atomic E-state index is 0.172. The zero-order chi connectivity index (χ0) is 13.4. The maximum absolute atomic E-state index is 6.11. The van der Waals surface area contributed by atoms with Crippen LogP contribution in [0.1, 0.15) is 15.3 Å². The molecule has 1 unspecified atom stereocenters. The topological polar surface area (TPSA) is 0 Å². The minimum atomic E-state index is 0.172. The van der Waals surface area contributed by atoms with Gasteiger partial charge < -0.3 is 0 Å². The molecule has 3 rings (SSSR count). The van der Waals surface area contributed by atoms with Crippen molar-refractivity contribution in [2.24, 2.45) is 0 Å². The van der Waals surface area contributed by atoms with Crippen molar-refractivity contribution in [2.75, 3.05) is 0 Å². The molecule has 0 aliphatic carbocycles. The fraction of sp³-hybridized carbons (Fsp3) is 0.0667. The lowest BCUT2D eigenvalue weighted by Gasteiger charge is -2.09. The van der Waals surface area contributed by atoms with E-state index in [1.807, 2.05) is 0 Å². The molecule has 0 radical (unpaired) electrons. The van der Waals surface area contributed by atoms with Gasteiger partial charge in [0.05, 0.1) is 4.83 Å². The molecule has 4 heteroatoms. The number of alkyl halides is 1. The fourth-order valence-electron chi connectivity index (χ4n) is 2.02. The van der Waals surface area contributed by atoms with Gasteiger partial charge in [0.2, 0.25) is 0 Å². The van der Waals surface area contributed by atoms with Crippen molar-refractivity contribution in [3.63, 3.8) is 0 Å². The van der Waals surface area contributed by atoms with Crippen molar-refractivity contribution in [1.82, 2.24) is 0 Å². The molecule has 96 valence electrons. The lowest BCUT2D eigenvalue weighted by molar-refractivity contribution is 1.23. The fourth-order valence-corrected chi connectivity index (χ4v) is 4.46. The van der Waals surface area contributed by atoms with Gasteiger partial charge in [0.1, 0.15) is 4.34 Å². The Balaban J connectivity index is 2.03. The molecule has 19 heavy (non-hydrogen) atoms. The summed E-state index contributed by atoms with van der Waals surface area (Å²) in [5.74, 6) is 0. The van der Waals surface area contributed by atoms with Crippen LogP contribution in [0, 0.1) is 0 Å². The molecule has 0 amide bonds. The van der Waals surface area contributed by atoms with Crippen molar-refractivity contribution in [3.8, 4) is 0 Å². The van der Waals surface area contributed by atoms with Crippen molar-refractivity contribution >= 4 is 65.6 Å². The first kappa shape index (κ1) is 13.6. The van der Waals surface area contributed by atoms with Gasteiger partial charge in [0, 0.05) is 9.35 Å². The molecule has 0 aliphatic rings. The highest BCUT2D eigenvalue weighted by atomic mass is 79.9. The van der Waals surface area contributed by atoms with Crippen LogP contribution in [0.2, 0.25) is 4.34 Å². The first-order valence-electron chi connectivity index (χ1n) is 5.72. The lowest BCUT2D eigenvalue weighted by atomic mass is 10.0. The molecular formula is C15H9Br2ClS. The van der Waals surface area contributed by atoms with Crippen LogP contribution in [0.3, 0.4) is 0 Å². The van der Waals surface area contributed by atoms with Crippen molar-refractivity contribution < 1.29 is 0 Å².